The molecule has 2 aromatic rings. The summed E-state index contributed by atoms with van der Waals surface area (Å²) in [6.45, 7) is -2.89. The summed E-state index contributed by atoms with van der Waals surface area (Å²) in [6, 6.07) is 11.2. The van der Waals surface area contributed by atoms with E-state index < -0.39 is 12.7 Å². The standard InChI is InChI=1S/C15H14BrF2NO2/c1-20-13-7-6-9(8-11(13)16)14(19)10-4-2-3-5-12(10)21-15(17)18/h2-8,14-15H,19H2,1H3. The molecule has 1 unspecified atom stereocenters. The van der Waals surface area contributed by atoms with Crippen molar-refractivity contribution in [3.8, 4) is 11.5 Å². The SMILES string of the molecule is COc1ccc(C(N)c2ccccc2OC(F)F)cc1Br. The Labute approximate surface area is 129 Å². The molecule has 3 nitrogen and oxygen atoms in total. The molecule has 0 radical (unpaired) electrons. The topological polar surface area (TPSA) is 44.5 Å². The van der Waals surface area contributed by atoms with Crippen LogP contribution in [0.25, 0.3) is 0 Å². The van der Waals surface area contributed by atoms with Crippen LogP contribution in [-0.2, 0) is 0 Å². The van der Waals surface area contributed by atoms with Crippen molar-refractivity contribution in [1.82, 2.24) is 0 Å². The third kappa shape index (κ3) is 3.71. The lowest BCUT2D eigenvalue weighted by Crippen LogP contribution is -2.14. The third-order valence-electron chi connectivity index (χ3n) is 3.01. The summed E-state index contributed by atoms with van der Waals surface area (Å²) < 4.78 is 35.3. The molecule has 2 aromatic carbocycles. The molecule has 0 heterocycles. The third-order valence-corrected chi connectivity index (χ3v) is 3.62. The van der Waals surface area contributed by atoms with E-state index in [1.807, 2.05) is 0 Å². The average molecular weight is 358 g/mol. The number of para-hydroxylation sites is 1. The molecule has 0 aliphatic heterocycles. The van der Waals surface area contributed by atoms with Gasteiger partial charge in [0.2, 0.25) is 0 Å². The van der Waals surface area contributed by atoms with Crippen molar-refractivity contribution in [3.05, 3.63) is 58.1 Å². The molecule has 0 aliphatic carbocycles. The highest BCUT2D eigenvalue weighted by Crippen LogP contribution is 2.33. The van der Waals surface area contributed by atoms with Gasteiger partial charge in [-0.15, -0.1) is 0 Å². The van der Waals surface area contributed by atoms with E-state index in [1.54, 1.807) is 43.5 Å². The summed E-state index contributed by atoms with van der Waals surface area (Å²) in [5, 5.41) is 0. The van der Waals surface area contributed by atoms with Crippen LogP contribution >= 0.6 is 15.9 Å². The summed E-state index contributed by atoms with van der Waals surface area (Å²) >= 11 is 3.38. The quantitative estimate of drug-likeness (QED) is 0.875. The number of nitrogens with two attached hydrogens (primary N) is 1. The Kier molecular flexibility index (Phi) is 5.14. The molecule has 0 aromatic heterocycles. The molecule has 112 valence electrons. The van der Waals surface area contributed by atoms with Gasteiger partial charge in [0.25, 0.3) is 0 Å². The number of hydrogen-bond acceptors (Lipinski definition) is 3. The van der Waals surface area contributed by atoms with Crippen LogP contribution in [0.15, 0.2) is 46.9 Å². The van der Waals surface area contributed by atoms with Gasteiger partial charge in [0.15, 0.2) is 0 Å². The normalized spacial score (nSPS) is 12.3. The zero-order chi connectivity index (χ0) is 15.4. The first-order chi connectivity index (χ1) is 10.0. The highest BCUT2D eigenvalue weighted by molar-refractivity contribution is 9.10. The van der Waals surface area contributed by atoms with Gasteiger partial charge in [-0.05, 0) is 39.7 Å². The molecule has 6 heteroatoms. The van der Waals surface area contributed by atoms with Gasteiger partial charge in [-0.2, -0.15) is 8.78 Å². The monoisotopic (exact) mass is 357 g/mol. The maximum atomic E-state index is 12.4. The summed E-state index contributed by atoms with van der Waals surface area (Å²) in [4.78, 5) is 0. The van der Waals surface area contributed by atoms with Crippen molar-refractivity contribution in [1.29, 1.82) is 0 Å². The van der Waals surface area contributed by atoms with Crippen LogP contribution in [0.2, 0.25) is 0 Å². The largest absolute Gasteiger partial charge is 0.496 e. The molecule has 0 bridgehead atoms. The minimum atomic E-state index is -2.89. The lowest BCUT2D eigenvalue weighted by atomic mass is 9.99. The van der Waals surface area contributed by atoms with E-state index in [0.29, 0.717) is 11.3 Å². The van der Waals surface area contributed by atoms with Crippen molar-refractivity contribution >= 4 is 15.9 Å². The van der Waals surface area contributed by atoms with Crippen LogP contribution in [0.4, 0.5) is 8.78 Å². The Hall–Kier alpha value is -1.66. The summed E-state index contributed by atoms with van der Waals surface area (Å²) in [5.41, 5.74) is 7.42. The van der Waals surface area contributed by atoms with Crippen LogP contribution in [0.1, 0.15) is 17.2 Å². The first kappa shape index (κ1) is 15.7. The van der Waals surface area contributed by atoms with Gasteiger partial charge >= 0.3 is 6.61 Å². The van der Waals surface area contributed by atoms with E-state index in [4.69, 9.17) is 10.5 Å². The van der Waals surface area contributed by atoms with Gasteiger partial charge in [0.05, 0.1) is 17.6 Å². The van der Waals surface area contributed by atoms with Crippen LogP contribution in [-0.4, -0.2) is 13.7 Å². The molecule has 0 aliphatic rings. The van der Waals surface area contributed by atoms with E-state index >= 15 is 0 Å². The fourth-order valence-electron chi connectivity index (χ4n) is 2.00. The molecule has 0 amide bonds. The zero-order valence-corrected chi connectivity index (χ0v) is 12.8. The number of benzene rings is 2. The van der Waals surface area contributed by atoms with E-state index in [0.717, 1.165) is 10.0 Å². The number of methoxy groups -OCH3 is 1. The summed E-state index contributed by atoms with van der Waals surface area (Å²) in [5.74, 6) is 0.745. The van der Waals surface area contributed by atoms with Gasteiger partial charge in [-0.1, -0.05) is 24.3 Å². The first-order valence-corrected chi connectivity index (χ1v) is 6.95. The van der Waals surface area contributed by atoms with Crippen molar-refractivity contribution in [3.63, 3.8) is 0 Å². The zero-order valence-electron chi connectivity index (χ0n) is 11.2. The number of alkyl halides is 2. The second-order valence-electron chi connectivity index (χ2n) is 4.29. The second-order valence-corrected chi connectivity index (χ2v) is 5.14. The van der Waals surface area contributed by atoms with Crippen molar-refractivity contribution < 1.29 is 18.3 Å². The molecule has 0 saturated carbocycles. The van der Waals surface area contributed by atoms with Gasteiger partial charge in [-0.25, -0.2) is 0 Å². The molecular weight excluding hydrogens is 344 g/mol. The summed E-state index contributed by atoms with van der Waals surface area (Å²) in [7, 11) is 1.56. The van der Waals surface area contributed by atoms with E-state index in [-0.39, 0.29) is 5.75 Å². The molecule has 0 spiro atoms. The number of ether oxygens (including phenoxy) is 2. The van der Waals surface area contributed by atoms with Gasteiger partial charge in [-0.3, -0.25) is 0 Å². The molecule has 0 saturated heterocycles. The highest BCUT2D eigenvalue weighted by Gasteiger charge is 2.17. The predicted molar refractivity (Wildman–Crippen MR) is 79.8 cm³/mol. The molecule has 1 atom stereocenters. The molecule has 2 N–H and O–H groups in total. The Bertz CT molecular complexity index is 622. The predicted octanol–water partition coefficient (Wildman–Crippen LogP) is 4.11. The Morgan fingerprint density at radius 2 is 1.81 bits per heavy atom. The van der Waals surface area contributed by atoms with Gasteiger partial charge in [0.1, 0.15) is 11.5 Å². The Balaban J connectivity index is 2.35. The van der Waals surface area contributed by atoms with Crippen LogP contribution in [0.5, 0.6) is 11.5 Å². The fraction of sp³-hybridized carbons (Fsp3) is 0.200. The maximum Gasteiger partial charge on any atom is 0.387 e. The van der Waals surface area contributed by atoms with Crippen molar-refractivity contribution in [2.24, 2.45) is 5.73 Å². The second kappa shape index (κ2) is 6.87. The molecule has 21 heavy (non-hydrogen) atoms. The minimum Gasteiger partial charge on any atom is -0.496 e. The average Bonchev–Trinajstić information content (AvgIpc) is 2.46. The van der Waals surface area contributed by atoms with Crippen LogP contribution < -0.4 is 15.2 Å². The smallest absolute Gasteiger partial charge is 0.387 e. The molecular formula is C15H14BrF2NO2. The summed E-state index contributed by atoms with van der Waals surface area (Å²) in [6.07, 6.45) is 0. The highest BCUT2D eigenvalue weighted by atomic mass is 79.9. The maximum absolute atomic E-state index is 12.4. The lowest BCUT2D eigenvalue weighted by Gasteiger charge is -2.17. The van der Waals surface area contributed by atoms with Crippen LogP contribution in [0.3, 0.4) is 0 Å². The van der Waals surface area contributed by atoms with Gasteiger partial charge in [0, 0.05) is 5.56 Å². The first-order valence-electron chi connectivity index (χ1n) is 6.15. The minimum absolute atomic E-state index is 0.0759. The van der Waals surface area contributed by atoms with E-state index in [2.05, 4.69) is 20.7 Å². The van der Waals surface area contributed by atoms with E-state index in [1.165, 1.54) is 6.07 Å². The molecule has 0 fully saturated rings. The Morgan fingerprint density at radius 1 is 1.10 bits per heavy atom. The Morgan fingerprint density at radius 3 is 2.43 bits per heavy atom. The number of rotatable bonds is 5. The number of halogens is 3. The molecule has 2 rings (SSSR count). The van der Waals surface area contributed by atoms with Crippen LogP contribution in [0, 0.1) is 0 Å². The van der Waals surface area contributed by atoms with Crippen molar-refractivity contribution in [2.45, 2.75) is 12.7 Å². The van der Waals surface area contributed by atoms with Crippen molar-refractivity contribution in [2.75, 3.05) is 7.11 Å². The fourth-order valence-corrected chi connectivity index (χ4v) is 2.55. The van der Waals surface area contributed by atoms with Gasteiger partial charge < -0.3 is 15.2 Å². The lowest BCUT2D eigenvalue weighted by molar-refractivity contribution is -0.0505. The van der Waals surface area contributed by atoms with E-state index in [9.17, 15) is 8.78 Å². The number of hydrogen-bond donors (Lipinski definition) is 1.